The predicted octanol–water partition coefficient (Wildman–Crippen LogP) is 2.20. The topological polar surface area (TPSA) is 38.8 Å². The number of carbonyl (C=O) groups is 1. The average molecular weight is 279 g/mol. The van der Waals surface area contributed by atoms with Crippen LogP contribution in [0.1, 0.15) is 5.56 Å². The van der Waals surface area contributed by atoms with E-state index in [1.807, 2.05) is 0 Å². The summed E-state index contributed by atoms with van der Waals surface area (Å²) in [6.07, 6.45) is -0.796. The summed E-state index contributed by atoms with van der Waals surface area (Å²) in [6, 6.07) is 0. The van der Waals surface area contributed by atoms with E-state index in [0.717, 1.165) is 12.0 Å². The van der Waals surface area contributed by atoms with Crippen LogP contribution < -0.4 is 4.74 Å². The highest BCUT2D eigenvalue weighted by molar-refractivity contribution is 5.69. The van der Waals surface area contributed by atoms with E-state index in [0.29, 0.717) is 0 Å². The van der Waals surface area contributed by atoms with Crippen LogP contribution in [0.15, 0.2) is 0 Å². The largest absolute Gasteiger partial charge is 0.491 e. The summed E-state index contributed by atoms with van der Waals surface area (Å²) >= 11 is 0. The van der Waals surface area contributed by atoms with E-state index in [2.05, 4.69) is 9.47 Å². The number of methoxy groups -OCH3 is 1. The number of cyclic esters (lactones) is 1. The van der Waals surface area contributed by atoms with Gasteiger partial charge in [-0.25, -0.2) is 13.6 Å². The molecule has 1 amide bonds. The highest BCUT2D eigenvalue weighted by atomic mass is 19.2. The average Bonchev–Trinajstić information content (AvgIpc) is 2.79. The summed E-state index contributed by atoms with van der Waals surface area (Å²) in [4.78, 5) is 12.1. The summed E-state index contributed by atoms with van der Waals surface area (Å²) < 4.78 is 62.9. The molecule has 0 N–H and O–H groups in total. The summed E-state index contributed by atoms with van der Waals surface area (Å²) in [5.41, 5.74) is -0.880. The molecule has 1 aliphatic heterocycles. The maximum absolute atomic E-state index is 13.6. The molecule has 0 saturated carbocycles. The highest BCUT2D eigenvalue weighted by Gasteiger charge is 2.30. The van der Waals surface area contributed by atoms with Crippen molar-refractivity contribution in [1.82, 2.24) is 4.90 Å². The minimum absolute atomic E-state index is 0.0587. The molecule has 1 saturated heterocycles. The van der Waals surface area contributed by atoms with Crippen molar-refractivity contribution in [2.45, 2.75) is 6.54 Å². The second-order valence-electron chi connectivity index (χ2n) is 3.80. The van der Waals surface area contributed by atoms with Crippen LogP contribution in [0.25, 0.3) is 0 Å². The van der Waals surface area contributed by atoms with Crippen molar-refractivity contribution in [3.8, 4) is 5.75 Å². The zero-order valence-electron chi connectivity index (χ0n) is 9.81. The van der Waals surface area contributed by atoms with Crippen molar-refractivity contribution >= 4 is 6.09 Å². The monoisotopic (exact) mass is 279 g/mol. The first-order valence-corrected chi connectivity index (χ1v) is 5.27. The number of halogens is 4. The number of rotatable bonds is 3. The van der Waals surface area contributed by atoms with Gasteiger partial charge in [-0.15, -0.1) is 0 Å². The predicted molar refractivity (Wildman–Crippen MR) is 54.6 cm³/mol. The van der Waals surface area contributed by atoms with Gasteiger partial charge in [-0.05, 0) is 0 Å². The van der Waals surface area contributed by atoms with E-state index in [4.69, 9.17) is 0 Å². The van der Waals surface area contributed by atoms with E-state index in [1.54, 1.807) is 0 Å². The van der Waals surface area contributed by atoms with E-state index < -0.39 is 47.2 Å². The number of carbonyl (C=O) groups excluding carboxylic acids is 1. The zero-order valence-corrected chi connectivity index (χ0v) is 9.81. The van der Waals surface area contributed by atoms with Gasteiger partial charge in [0.15, 0.2) is 17.4 Å². The second-order valence-corrected chi connectivity index (χ2v) is 3.80. The number of amides is 1. The molecule has 0 bridgehead atoms. The lowest BCUT2D eigenvalue weighted by atomic mass is 10.1. The smallest absolute Gasteiger partial charge is 0.410 e. The fourth-order valence-electron chi connectivity index (χ4n) is 1.74. The Morgan fingerprint density at radius 1 is 1.16 bits per heavy atom. The van der Waals surface area contributed by atoms with Crippen LogP contribution in [0.3, 0.4) is 0 Å². The van der Waals surface area contributed by atoms with Gasteiger partial charge in [-0.2, -0.15) is 8.78 Å². The molecule has 0 atom stereocenters. The van der Waals surface area contributed by atoms with Gasteiger partial charge in [-0.1, -0.05) is 0 Å². The molecule has 2 rings (SSSR count). The Kier molecular flexibility index (Phi) is 3.50. The zero-order chi connectivity index (χ0) is 14.2. The molecule has 8 heteroatoms. The van der Waals surface area contributed by atoms with Crippen LogP contribution in [-0.2, 0) is 11.3 Å². The molecule has 0 aliphatic carbocycles. The fourth-order valence-corrected chi connectivity index (χ4v) is 1.74. The third-order valence-electron chi connectivity index (χ3n) is 2.71. The van der Waals surface area contributed by atoms with Gasteiger partial charge in [-0.3, -0.25) is 0 Å². The number of hydrogen-bond acceptors (Lipinski definition) is 3. The van der Waals surface area contributed by atoms with E-state index in [1.165, 1.54) is 0 Å². The molecule has 19 heavy (non-hydrogen) atoms. The Labute approximate surface area is 105 Å². The van der Waals surface area contributed by atoms with Crippen LogP contribution in [0.5, 0.6) is 5.75 Å². The first-order chi connectivity index (χ1) is 8.97. The van der Waals surface area contributed by atoms with E-state index in [-0.39, 0.29) is 13.2 Å². The number of ether oxygens (including phenoxy) is 2. The van der Waals surface area contributed by atoms with Gasteiger partial charge in [0.1, 0.15) is 6.61 Å². The molecule has 1 fully saturated rings. The number of nitrogens with zero attached hydrogens (tertiary/aromatic N) is 1. The van der Waals surface area contributed by atoms with Crippen molar-refractivity contribution in [1.29, 1.82) is 0 Å². The van der Waals surface area contributed by atoms with Crippen LogP contribution in [0.4, 0.5) is 22.4 Å². The van der Waals surface area contributed by atoms with Crippen molar-refractivity contribution in [3.63, 3.8) is 0 Å². The quantitative estimate of drug-likeness (QED) is 0.629. The summed E-state index contributed by atoms with van der Waals surface area (Å²) in [5.74, 6) is -7.58. The Hall–Kier alpha value is -1.99. The highest BCUT2D eigenvalue weighted by Crippen LogP contribution is 2.30. The van der Waals surface area contributed by atoms with Gasteiger partial charge in [0.2, 0.25) is 11.6 Å². The van der Waals surface area contributed by atoms with Crippen LogP contribution >= 0.6 is 0 Å². The molecule has 1 aromatic rings. The van der Waals surface area contributed by atoms with Crippen LogP contribution in [-0.4, -0.2) is 31.3 Å². The summed E-state index contributed by atoms with van der Waals surface area (Å²) in [7, 11) is 0.887. The molecule has 0 unspecified atom stereocenters. The first kappa shape index (κ1) is 13.4. The lowest BCUT2D eigenvalue weighted by Crippen LogP contribution is -2.25. The molecule has 1 aromatic carbocycles. The molecule has 1 heterocycles. The van der Waals surface area contributed by atoms with Crippen LogP contribution in [0.2, 0.25) is 0 Å². The Morgan fingerprint density at radius 2 is 1.74 bits per heavy atom. The first-order valence-electron chi connectivity index (χ1n) is 5.27. The standard InChI is InChI=1S/C11H9F4NO3/c1-18-10-8(14)6(12)5(7(13)9(10)15)4-16-2-3-19-11(16)17/h2-4H2,1H3. The summed E-state index contributed by atoms with van der Waals surface area (Å²) in [5, 5.41) is 0. The lowest BCUT2D eigenvalue weighted by Gasteiger charge is -2.15. The SMILES string of the molecule is COc1c(F)c(F)c(CN2CCOC2=O)c(F)c1F. The number of hydrogen-bond donors (Lipinski definition) is 0. The fraction of sp³-hybridized carbons (Fsp3) is 0.364. The normalized spacial score (nSPS) is 14.8. The molecule has 0 radical (unpaired) electrons. The molecular formula is C11H9F4NO3. The molecule has 1 aliphatic rings. The molecule has 4 nitrogen and oxygen atoms in total. The van der Waals surface area contributed by atoms with Crippen molar-refractivity contribution < 1.29 is 31.8 Å². The minimum Gasteiger partial charge on any atom is -0.491 e. The molecular weight excluding hydrogens is 270 g/mol. The van der Waals surface area contributed by atoms with Crippen molar-refractivity contribution in [2.75, 3.05) is 20.3 Å². The lowest BCUT2D eigenvalue weighted by molar-refractivity contribution is 0.156. The maximum Gasteiger partial charge on any atom is 0.410 e. The third-order valence-corrected chi connectivity index (χ3v) is 2.71. The minimum atomic E-state index is -1.64. The van der Waals surface area contributed by atoms with Gasteiger partial charge in [0, 0.05) is 5.56 Å². The van der Waals surface area contributed by atoms with Gasteiger partial charge >= 0.3 is 6.09 Å². The second kappa shape index (κ2) is 4.94. The molecule has 104 valence electrons. The Balaban J connectivity index is 2.43. The molecule has 0 spiro atoms. The maximum atomic E-state index is 13.6. The third kappa shape index (κ3) is 2.18. The van der Waals surface area contributed by atoms with Gasteiger partial charge in [0.05, 0.1) is 20.2 Å². The molecule has 0 aromatic heterocycles. The van der Waals surface area contributed by atoms with Crippen LogP contribution in [0, 0.1) is 23.3 Å². The van der Waals surface area contributed by atoms with E-state index in [9.17, 15) is 22.4 Å². The van der Waals surface area contributed by atoms with E-state index >= 15 is 0 Å². The summed E-state index contributed by atoms with van der Waals surface area (Å²) in [6.45, 7) is -0.468. The van der Waals surface area contributed by atoms with Gasteiger partial charge in [0.25, 0.3) is 0 Å². The Bertz CT molecular complexity index is 506. The van der Waals surface area contributed by atoms with Crippen molar-refractivity contribution in [3.05, 3.63) is 28.8 Å². The van der Waals surface area contributed by atoms with Gasteiger partial charge < -0.3 is 14.4 Å². The number of benzene rings is 1. The Morgan fingerprint density at radius 3 is 2.16 bits per heavy atom. The van der Waals surface area contributed by atoms with Crippen molar-refractivity contribution in [2.24, 2.45) is 0 Å².